The number of ether oxygens (including phenoxy) is 1. The molecule has 2 amide bonds. The zero-order chi connectivity index (χ0) is 17.1. The van der Waals surface area contributed by atoms with Gasteiger partial charge in [-0.3, -0.25) is 9.59 Å². The summed E-state index contributed by atoms with van der Waals surface area (Å²) >= 11 is 0. The SMILES string of the molecule is Cc1[nH]c(-c2ccccc2)nc1C(=O)N1CCOCC1CC(N)=O. The lowest BCUT2D eigenvalue weighted by Crippen LogP contribution is -2.50. The third-order valence-electron chi connectivity index (χ3n) is 4.06. The van der Waals surface area contributed by atoms with Crippen LogP contribution in [0.1, 0.15) is 22.6 Å². The van der Waals surface area contributed by atoms with Crippen LogP contribution in [0.15, 0.2) is 30.3 Å². The number of benzene rings is 1. The monoisotopic (exact) mass is 328 g/mol. The number of carbonyl (C=O) groups excluding carboxylic acids is 2. The number of rotatable bonds is 4. The van der Waals surface area contributed by atoms with Crippen LogP contribution in [0, 0.1) is 6.92 Å². The van der Waals surface area contributed by atoms with Crippen molar-refractivity contribution in [3.63, 3.8) is 0 Å². The number of aromatic amines is 1. The number of primary amides is 1. The lowest BCUT2D eigenvalue weighted by atomic mass is 10.1. The predicted molar refractivity (Wildman–Crippen MR) is 88.2 cm³/mol. The number of H-pyrrole nitrogens is 1. The summed E-state index contributed by atoms with van der Waals surface area (Å²) in [5, 5.41) is 0. The van der Waals surface area contributed by atoms with Crippen molar-refractivity contribution in [2.45, 2.75) is 19.4 Å². The average molecular weight is 328 g/mol. The normalized spacial score (nSPS) is 17.7. The molecule has 126 valence electrons. The maximum absolute atomic E-state index is 12.9. The van der Waals surface area contributed by atoms with E-state index in [1.165, 1.54) is 0 Å². The third kappa shape index (κ3) is 3.30. The summed E-state index contributed by atoms with van der Waals surface area (Å²) in [5.41, 5.74) is 7.26. The Morgan fingerprint density at radius 1 is 1.38 bits per heavy atom. The Kier molecular flexibility index (Phi) is 4.61. The molecule has 3 rings (SSSR count). The number of nitrogens with one attached hydrogen (secondary N) is 1. The second-order valence-corrected chi connectivity index (χ2v) is 5.82. The van der Waals surface area contributed by atoms with Gasteiger partial charge in [0.05, 0.1) is 19.3 Å². The van der Waals surface area contributed by atoms with Crippen LogP contribution in [0.2, 0.25) is 0 Å². The van der Waals surface area contributed by atoms with Gasteiger partial charge in [-0.2, -0.15) is 0 Å². The van der Waals surface area contributed by atoms with E-state index in [0.717, 1.165) is 5.56 Å². The highest BCUT2D eigenvalue weighted by molar-refractivity contribution is 5.94. The van der Waals surface area contributed by atoms with Gasteiger partial charge >= 0.3 is 0 Å². The van der Waals surface area contributed by atoms with Gasteiger partial charge in [-0.15, -0.1) is 0 Å². The number of nitrogens with two attached hydrogens (primary N) is 1. The summed E-state index contributed by atoms with van der Waals surface area (Å²) in [6, 6.07) is 9.26. The van der Waals surface area contributed by atoms with Crippen molar-refractivity contribution in [1.82, 2.24) is 14.9 Å². The summed E-state index contributed by atoms with van der Waals surface area (Å²) < 4.78 is 5.37. The van der Waals surface area contributed by atoms with Crippen LogP contribution in [-0.2, 0) is 9.53 Å². The molecule has 1 fully saturated rings. The Morgan fingerprint density at radius 3 is 2.83 bits per heavy atom. The standard InChI is InChI=1S/C17H20N4O3/c1-11-15(20-16(19-11)12-5-3-2-4-6-12)17(23)21-7-8-24-10-13(21)9-14(18)22/h2-6,13H,7-10H2,1H3,(H2,18,22)(H,19,20). The van der Waals surface area contributed by atoms with Crippen LogP contribution in [0.5, 0.6) is 0 Å². The van der Waals surface area contributed by atoms with E-state index in [-0.39, 0.29) is 18.4 Å². The van der Waals surface area contributed by atoms with Gasteiger partial charge in [0.25, 0.3) is 5.91 Å². The second kappa shape index (κ2) is 6.84. The number of aromatic nitrogens is 2. The first-order valence-corrected chi connectivity index (χ1v) is 7.85. The van der Waals surface area contributed by atoms with Crippen molar-refractivity contribution in [3.05, 3.63) is 41.7 Å². The molecule has 3 N–H and O–H groups in total. The van der Waals surface area contributed by atoms with Gasteiger partial charge in [0, 0.05) is 24.2 Å². The second-order valence-electron chi connectivity index (χ2n) is 5.82. The Morgan fingerprint density at radius 2 is 2.12 bits per heavy atom. The molecule has 0 saturated carbocycles. The molecule has 0 aliphatic carbocycles. The van der Waals surface area contributed by atoms with Gasteiger partial charge in [-0.1, -0.05) is 30.3 Å². The highest BCUT2D eigenvalue weighted by Gasteiger charge is 2.31. The fraction of sp³-hybridized carbons (Fsp3) is 0.353. The molecule has 0 spiro atoms. The number of morpholine rings is 1. The van der Waals surface area contributed by atoms with E-state index >= 15 is 0 Å². The summed E-state index contributed by atoms with van der Waals surface area (Å²) in [6.45, 7) is 2.99. The van der Waals surface area contributed by atoms with E-state index < -0.39 is 5.91 Å². The van der Waals surface area contributed by atoms with Gasteiger partial charge < -0.3 is 20.4 Å². The fourth-order valence-corrected chi connectivity index (χ4v) is 2.86. The first kappa shape index (κ1) is 16.2. The summed E-state index contributed by atoms with van der Waals surface area (Å²) in [4.78, 5) is 33.4. The van der Waals surface area contributed by atoms with Crippen LogP contribution < -0.4 is 5.73 Å². The lowest BCUT2D eigenvalue weighted by molar-refractivity contribution is -0.120. The van der Waals surface area contributed by atoms with Crippen molar-refractivity contribution >= 4 is 11.8 Å². The fourth-order valence-electron chi connectivity index (χ4n) is 2.86. The topological polar surface area (TPSA) is 101 Å². The summed E-state index contributed by atoms with van der Waals surface area (Å²) in [7, 11) is 0. The molecule has 2 aromatic rings. The van der Waals surface area contributed by atoms with Crippen LogP contribution >= 0.6 is 0 Å². The van der Waals surface area contributed by atoms with Crippen molar-refractivity contribution in [2.75, 3.05) is 19.8 Å². The largest absolute Gasteiger partial charge is 0.377 e. The van der Waals surface area contributed by atoms with E-state index in [9.17, 15) is 9.59 Å². The van der Waals surface area contributed by atoms with Gasteiger partial charge in [-0.05, 0) is 6.92 Å². The maximum Gasteiger partial charge on any atom is 0.274 e. The minimum atomic E-state index is -0.452. The molecule has 1 aromatic heterocycles. The highest BCUT2D eigenvalue weighted by Crippen LogP contribution is 2.21. The smallest absolute Gasteiger partial charge is 0.274 e. The van der Waals surface area contributed by atoms with Crippen molar-refractivity contribution < 1.29 is 14.3 Å². The van der Waals surface area contributed by atoms with Crippen molar-refractivity contribution in [2.24, 2.45) is 5.73 Å². The van der Waals surface area contributed by atoms with E-state index in [4.69, 9.17) is 10.5 Å². The van der Waals surface area contributed by atoms with E-state index in [0.29, 0.717) is 37.0 Å². The number of amides is 2. The van der Waals surface area contributed by atoms with Crippen LogP contribution in [-0.4, -0.2) is 52.5 Å². The highest BCUT2D eigenvalue weighted by atomic mass is 16.5. The number of hydrogen-bond donors (Lipinski definition) is 2. The van der Waals surface area contributed by atoms with E-state index in [1.54, 1.807) is 4.90 Å². The lowest BCUT2D eigenvalue weighted by Gasteiger charge is -2.34. The molecule has 24 heavy (non-hydrogen) atoms. The van der Waals surface area contributed by atoms with Gasteiger partial charge in [0.2, 0.25) is 5.91 Å². The van der Waals surface area contributed by atoms with Crippen LogP contribution in [0.4, 0.5) is 0 Å². The number of imidazole rings is 1. The minimum Gasteiger partial charge on any atom is -0.377 e. The Bertz CT molecular complexity index is 742. The Labute approximate surface area is 139 Å². The number of carbonyl (C=O) groups is 2. The third-order valence-corrected chi connectivity index (χ3v) is 4.06. The molecule has 7 heteroatoms. The molecule has 0 radical (unpaired) electrons. The molecular formula is C17H20N4O3. The molecular weight excluding hydrogens is 308 g/mol. The molecule has 1 aromatic carbocycles. The van der Waals surface area contributed by atoms with Gasteiger partial charge in [0.15, 0.2) is 0 Å². The van der Waals surface area contributed by atoms with Crippen LogP contribution in [0.3, 0.4) is 0 Å². The summed E-state index contributed by atoms with van der Waals surface area (Å²) in [6.07, 6.45) is 0.0841. The number of aryl methyl sites for hydroxylation is 1. The molecule has 7 nitrogen and oxygen atoms in total. The maximum atomic E-state index is 12.9. The first-order chi connectivity index (χ1) is 11.6. The average Bonchev–Trinajstić information content (AvgIpc) is 2.97. The number of nitrogens with zero attached hydrogens (tertiary/aromatic N) is 2. The molecule has 1 atom stereocenters. The Hall–Kier alpha value is -2.67. The number of hydrogen-bond acceptors (Lipinski definition) is 4. The minimum absolute atomic E-state index is 0.0841. The molecule has 0 bridgehead atoms. The van der Waals surface area contributed by atoms with Crippen molar-refractivity contribution in [1.29, 1.82) is 0 Å². The van der Waals surface area contributed by atoms with Gasteiger partial charge in [0.1, 0.15) is 11.5 Å². The first-order valence-electron chi connectivity index (χ1n) is 7.85. The Balaban J connectivity index is 1.86. The molecule has 1 aliphatic rings. The quantitative estimate of drug-likeness (QED) is 0.877. The van der Waals surface area contributed by atoms with Crippen LogP contribution in [0.25, 0.3) is 11.4 Å². The predicted octanol–water partition coefficient (Wildman–Crippen LogP) is 1.10. The van der Waals surface area contributed by atoms with E-state index in [1.807, 2.05) is 37.3 Å². The zero-order valence-corrected chi connectivity index (χ0v) is 13.5. The zero-order valence-electron chi connectivity index (χ0n) is 13.5. The van der Waals surface area contributed by atoms with E-state index in [2.05, 4.69) is 9.97 Å². The molecule has 1 unspecified atom stereocenters. The van der Waals surface area contributed by atoms with Gasteiger partial charge in [-0.25, -0.2) is 4.98 Å². The summed E-state index contributed by atoms with van der Waals surface area (Å²) in [5.74, 6) is -0.0105. The van der Waals surface area contributed by atoms with Crippen molar-refractivity contribution in [3.8, 4) is 11.4 Å². The molecule has 1 aliphatic heterocycles. The molecule has 1 saturated heterocycles. The molecule has 2 heterocycles.